The molecule has 0 aliphatic rings. The first-order valence-corrected chi connectivity index (χ1v) is 4.50. The molecule has 0 fully saturated rings. The maximum absolute atomic E-state index is 5.66. The Morgan fingerprint density at radius 2 is 2.33 bits per heavy atom. The lowest BCUT2D eigenvalue weighted by Gasteiger charge is -2.03. The zero-order valence-corrected chi connectivity index (χ0v) is 7.90. The normalized spacial score (nSPS) is 9.83. The van der Waals surface area contributed by atoms with Gasteiger partial charge in [0.05, 0.1) is 6.61 Å². The molecule has 1 nitrogen and oxygen atoms in total. The molecule has 65 valence electrons. The highest BCUT2D eigenvalue weighted by Crippen LogP contribution is 2.14. The number of unbranched alkanes of at least 4 members (excludes halogenated alkanes) is 1. The van der Waals surface area contributed by atoms with E-state index < -0.39 is 0 Å². The van der Waals surface area contributed by atoms with E-state index in [-0.39, 0.29) is 0 Å². The molecule has 12 heavy (non-hydrogen) atoms. The van der Waals surface area contributed by atoms with Gasteiger partial charge in [0.1, 0.15) is 5.75 Å². The van der Waals surface area contributed by atoms with E-state index in [0.717, 1.165) is 25.2 Å². The Bertz CT molecular complexity index is 218. The Labute approximate surface area is 78.3 Å². The van der Waals surface area contributed by atoms with Crippen molar-refractivity contribution in [1.82, 2.24) is 0 Å². The van der Waals surface area contributed by atoms with Crippen LogP contribution in [0.2, 0.25) is 5.02 Å². The van der Waals surface area contributed by atoms with Crippen molar-refractivity contribution in [1.29, 1.82) is 0 Å². The summed E-state index contributed by atoms with van der Waals surface area (Å²) in [5.74, 6) is 0.841. The van der Waals surface area contributed by atoms with Crippen LogP contribution in [0.5, 0.6) is 5.75 Å². The van der Waals surface area contributed by atoms with E-state index in [0.29, 0.717) is 5.02 Å². The van der Waals surface area contributed by atoms with E-state index in [2.05, 4.69) is 13.0 Å². The highest BCUT2D eigenvalue weighted by Gasteiger charge is 1.92. The minimum atomic E-state index is 0.623. The quantitative estimate of drug-likeness (QED) is 0.651. The molecule has 0 saturated heterocycles. The molecule has 0 atom stereocenters. The fraction of sp³-hybridized carbons (Fsp3) is 0.400. The topological polar surface area (TPSA) is 9.23 Å². The number of ether oxygens (including phenoxy) is 1. The molecule has 1 aromatic carbocycles. The van der Waals surface area contributed by atoms with Crippen LogP contribution in [0.3, 0.4) is 0 Å². The Hall–Kier alpha value is -0.690. The Kier molecular flexibility index (Phi) is 3.95. The SMILES string of the molecule is CCCCOc1c[c]c(Cl)cc1. The van der Waals surface area contributed by atoms with Gasteiger partial charge in [-0.2, -0.15) is 0 Å². The van der Waals surface area contributed by atoms with Crippen LogP contribution in [0.1, 0.15) is 19.8 Å². The molecule has 0 amide bonds. The van der Waals surface area contributed by atoms with Gasteiger partial charge in [0, 0.05) is 11.1 Å². The van der Waals surface area contributed by atoms with Gasteiger partial charge in [-0.15, -0.1) is 0 Å². The van der Waals surface area contributed by atoms with Crippen molar-refractivity contribution in [2.75, 3.05) is 6.61 Å². The van der Waals surface area contributed by atoms with Crippen molar-refractivity contribution >= 4 is 11.6 Å². The van der Waals surface area contributed by atoms with Crippen molar-refractivity contribution in [3.8, 4) is 5.75 Å². The summed E-state index contributed by atoms with van der Waals surface area (Å²) in [5, 5.41) is 0.623. The molecule has 0 aliphatic carbocycles. The van der Waals surface area contributed by atoms with Gasteiger partial charge >= 0.3 is 0 Å². The molecule has 2 heteroatoms. The highest BCUT2D eigenvalue weighted by atomic mass is 35.5. The first-order valence-electron chi connectivity index (χ1n) is 4.13. The lowest BCUT2D eigenvalue weighted by Crippen LogP contribution is -1.95. The minimum absolute atomic E-state index is 0.623. The van der Waals surface area contributed by atoms with Crippen molar-refractivity contribution in [3.63, 3.8) is 0 Å². The first kappa shape index (κ1) is 9.40. The lowest BCUT2D eigenvalue weighted by atomic mass is 10.3. The molecule has 0 bridgehead atoms. The van der Waals surface area contributed by atoms with Gasteiger partial charge in [0.25, 0.3) is 0 Å². The van der Waals surface area contributed by atoms with Crippen LogP contribution >= 0.6 is 11.6 Å². The second-order valence-corrected chi connectivity index (χ2v) is 2.98. The van der Waals surface area contributed by atoms with Crippen molar-refractivity contribution in [3.05, 3.63) is 29.3 Å². The van der Waals surface area contributed by atoms with Crippen LogP contribution in [0, 0.1) is 6.07 Å². The summed E-state index contributed by atoms with van der Waals surface area (Å²) in [7, 11) is 0. The predicted molar refractivity (Wildman–Crippen MR) is 50.7 cm³/mol. The summed E-state index contributed by atoms with van der Waals surface area (Å²) in [6.45, 7) is 2.91. The fourth-order valence-corrected chi connectivity index (χ4v) is 0.933. The molecule has 0 heterocycles. The van der Waals surface area contributed by atoms with Crippen LogP contribution in [-0.4, -0.2) is 6.61 Å². The average molecular weight is 184 g/mol. The number of benzene rings is 1. The molecule has 1 radical (unpaired) electrons. The molecule has 1 rings (SSSR count). The van der Waals surface area contributed by atoms with Crippen LogP contribution in [0.25, 0.3) is 0 Å². The molecule has 1 aromatic rings. The lowest BCUT2D eigenvalue weighted by molar-refractivity contribution is 0.309. The van der Waals surface area contributed by atoms with Crippen LogP contribution < -0.4 is 4.74 Å². The number of hydrogen-bond acceptors (Lipinski definition) is 1. The van der Waals surface area contributed by atoms with E-state index in [9.17, 15) is 0 Å². The fourth-order valence-electron chi connectivity index (χ4n) is 0.816. The summed E-state index contributed by atoms with van der Waals surface area (Å²) < 4.78 is 5.41. The molecular weight excluding hydrogens is 172 g/mol. The van der Waals surface area contributed by atoms with Gasteiger partial charge < -0.3 is 4.74 Å². The third-order valence-corrected chi connectivity index (χ3v) is 1.75. The predicted octanol–water partition coefficient (Wildman–Crippen LogP) is 3.32. The zero-order chi connectivity index (χ0) is 8.81. The molecular formula is C10H12ClO. The highest BCUT2D eigenvalue weighted by molar-refractivity contribution is 6.30. The number of rotatable bonds is 4. The van der Waals surface area contributed by atoms with Gasteiger partial charge in [-0.3, -0.25) is 0 Å². The summed E-state index contributed by atoms with van der Waals surface area (Å²) in [4.78, 5) is 0. The average Bonchev–Trinajstić information content (AvgIpc) is 2.09. The maximum Gasteiger partial charge on any atom is 0.120 e. The standard InChI is InChI=1S/C10H12ClO/c1-2-3-8-12-10-6-4-9(11)5-7-10/h4,6-7H,2-3,8H2,1H3. The summed E-state index contributed by atoms with van der Waals surface area (Å²) >= 11 is 5.66. The third kappa shape index (κ3) is 3.14. The Morgan fingerprint density at radius 1 is 1.50 bits per heavy atom. The first-order chi connectivity index (χ1) is 5.83. The second kappa shape index (κ2) is 5.04. The van der Waals surface area contributed by atoms with Crippen molar-refractivity contribution in [2.45, 2.75) is 19.8 Å². The van der Waals surface area contributed by atoms with E-state index in [4.69, 9.17) is 16.3 Å². The summed E-state index contributed by atoms with van der Waals surface area (Å²) in [6.07, 6.45) is 2.24. The zero-order valence-electron chi connectivity index (χ0n) is 7.14. The molecule has 0 aliphatic heterocycles. The van der Waals surface area contributed by atoms with Crippen LogP contribution in [-0.2, 0) is 0 Å². The summed E-state index contributed by atoms with van der Waals surface area (Å²) in [6, 6.07) is 8.27. The van der Waals surface area contributed by atoms with Gasteiger partial charge in [-0.1, -0.05) is 24.9 Å². The van der Waals surface area contributed by atoms with Crippen LogP contribution in [0.4, 0.5) is 0 Å². The van der Waals surface area contributed by atoms with Gasteiger partial charge in [0.2, 0.25) is 0 Å². The molecule has 0 unspecified atom stereocenters. The third-order valence-electron chi connectivity index (χ3n) is 1.51. The van der Waals surface area contributed by atoms with E-state index in [1.807, 2.05) is 6.07 Å². The number of hydrogen-bond donors (Lipinski definition) is 0. The van der Waals surface area contributed by atoms with E-state index in [1.54, 1.807) is 12.1 Å². The van der Waals surface area contributed by atoms with E-state index >= 15 is 0 Å². The molecule has 0 N–H and O–H groups in total. The molecule has 0 saturated carbocycles. The second-order valence-electron chi connectivity index (χ2n) is 2.57. The van der Waals surface area contributed by atoms with Gasteiger partial charge in [0.15, 0.2) is 0 Å². The monoisotopic (exact) mass is 183 g/mol. The molecule has 0 spiro atoms. The van der Waals surface area contributed by atoms with Gasteiger partial charge in [-0.05, 0) is 24.6 Å². The molecule has 0 aromatic heterocycles. The van der Waals surface area contributed by atoms with Gasteiger partial charge in [-0.25, -0.2) is 0 Å². The van der Waals surface area contributed by atoms with Crippen molar-refractivity contribution < 1.29 is 4.74 Å². The van der Waals surface area contributed by atoms with Crippen LogP contribution in [0.15, 0.2) is 18.2 Å². The smallest absolute Gasteiger partial charge is 0.120 e. The van der Waals surface area contributed by atoms with E-state index in [1.165, 1.54) is 0 Å². The summed E-state index contributed by atoms with van der Waals surface area (Å²) in [5.41, 5.74) is 0. The van der Waals surface area contributed by atoms with Crippen molar-refractivity contribution in [2.24, 2.45) is 0 Å². The Balaban J connectivity index is 2.37. The minimum Gasteiger partial charge on any atom is -0.494 e. The largest absolute Gasteiger partial charge is 0.494 e. The Morgan fingerprint density at radius 3 is 2.92 bits per heavy atom. The maximum atomic E-state index is 5.66. The number of halogens is 1.